The van der Waals surface area contributed by atoms with Gasteiger partial charge in [-0.15, -0.1) is 0 Å². The molecule has 1 saturated heterocycles. The standard InChI is InChI=1S/C14H20N2O3/c1-14(2,3)19-13(18)16-12-5-4-10(17)6-11(12)9-7-15-8-9/h4-6,9,15,17H,7-8H2,1-3H3,(H,16,18). The number of nitrogens with one attached hydrogen (secondary N) is 2. The summed E-state index contributed by atoms with van der Waals surface area (Å²) >= 11 is 0. The highest BCUT2D eigenvalue weighted by molar-refractivity contribution is 5.86. The summed E-state index contributed by atoms with van der Waals surface area (Å²) in [5.41, 5.74) is 1.10. The van der Waals surface area contributed by atoms with E-state index in [1.165, 1.54) is 0 Å². The van der Waals surface area contributed by atoms with Crippen LogP contribution >= 0.6 is 0 Å². The second kappa shape index (κ2) is 5.09. The maximum atomic E-state index is 11.8. The first-order valence-corrected chi connectivity index (χ1v) is 6.39. The molecule has 3 N–H and O–H groups in total. The molecule has 0 aromatic heterocycles. The Morgan fingerprint density at radius 1 is 1.42 bits per heavy atom. The van der Waals surface area contributed by atoms with Gasteiger partial charge in [-0.1, -0.05) is 0 Å². The number of carbonyl (C=O) groups is 1. The summed E-state index contributed by atoms with van der Waals surface area (Å²) in [6, 6.07) is 4.95. The molecule has 1 aromatic rings. The van der Waals surface area contributed by atoms with Crippen molar-refractivity contribution in [2.75, 3.05) is 18.4 Å². The molecule has 1 aliphatic heterocycles. The zero-order valence-electron chi connectivity index (χ0n) is 11.5. The lowest BCUT2D eigenvalue weighted by Crippen LogP contribution is -2.40. The minimum Gasteiger partial charge on any atom is -0.508 e. The third-order valence-corrected chi connectivity index (χ3v) is 2.89. The molecule has 0 unspecified atom stereocenters. The first-order chi connectivity index (χ1) is 8.85. The lowest BCUT2D eigenvalue weighted by molar-refractivity contribution is 0.0635. The summed E-state index contributed by atoms with van der Waals surface area (Å²) < 4.78 is 5.23. The van der Waals surface area contributed by atoms with Gasteiger partial charge < -0.3 is 15.2 Å². The highest BCUT2D eigenvalue weighted by Crippen LogP contribution is 2.31. The first-order valence-electron chi connectivity index (χ1n) is 6.39. The largest absolute Gasteiger partial charge is 0.508 e. The molecular formula is C14H20N2O3. The van der Waals surface area contributed by atoms with Gasteiger partial charge in [0, 0.05) is 24.7 Å². The number of hydrogen-bond donors (Lipinski definition) is 3. The van der Waals surface area contributed by atoms with Gasteiger partial charge in [0.1, 0.15) is 11.4 Å². The Bertz CT molecular complexity index is 476. The number of phenols is 1. The highest BCUT2D eigenvalue weighted by atomic mass is 16.6. The van der Waals surface area contributed by atoms with Crippen LogP contribution in [-0.2, 0) is 4.74 Å². The number of benzene rings is 1. The van der Waals surface area contributed by atoms with E-state index >= 15 is 0 Å². The van der Waals surface area contributed by atoms with Crippen LogP contribution in [0.1, 0.15) is 32.3 Å². The number of ether oxygens (including phenoxy) is 1. The van der Waals surface area contributed by atoms with Crippen LogP contribution in [0.3, 0.4) is 0 Å². The summed E-state index contributed by atoms with van der Waals surface area (Å²) in [6.07, 6.45) is -0.480. The quantitative estimate of drug-likeness (QED) is 0.717. The molecule has 0 radical (unpaired) electrons. The molecule has 1 fully saturated rings. The second-order valence-corrected chi connectivity index (χ2v) is 5.75. The Labute approximate surface area is 113 Å². The molecule has 1 aromatic carbocycles. The van der Waals surface area contributed by atoms with Crippen LogP contribution in [0, 0.1) is 0 Å². The van der Waals surface area contributed by atoms with Crippen molar-refractivity contribution in [3.8, 4) is 5.75 Å². The SMILES string of the molecule is CC(C)(C)OC(=O)Nc1ccc(O)cc1C1CNC1. The van der Waals surface area contributed by atoms with Crippen LogP contribution in [0.15, 0.2) is 18.2 Å². The number of rotatable bonds is 2. The van der Waals surface area contributed by atoms with E-state index in [0.29, 0.717) is 11.6 Å². The molecule has 1 aliphatic rings. The van der Waals surface area contributed by atoms with E-state index in [-0.39, 0.29) is 5.75 Å². The van der Waals surface area contributed by atoms with E-state index in [2.05, 4.69) is 10.6 Å². The second-order valence-electron chi connectivity index (χ2n) is 5.75. The maximum Gasteiger partial charge on any atom is 0.412 e. The van der Waals surface area contributed by atoms with Gasteiger partial charge in [0.2, 0.25) is 0 Å². The molecule has 0 spiro atoms. The van der Waals surface area contributed by atoms with Crippen LogP contribution in [-0.4, -0.2) is 29.9 Å². The fraction of sp³-hybridized carbons (Fsp3) is 0.500. The van der Waals surface area contributed by atoms with Crippen molar-refractivity contribution >= 4 is 11.8 Å². The van der Waals surface area contributed by atoms with Crippen LogP contribution in [0.25, 0.3) is 0 Å². The molecule has 0 bridgehead atoms. The van der Waals surface area contributed by atoms with E-state index in [0.717, 1.165) is 18.7 Å². The van der Waals surface area contributed by atoms with Gasteiger partial charge in [0.25, 0.3) is 0 Å². The zero-order valence-corrected chi connectivity index (χ0v) is 11.5. The van der Waals surface area contributed by atoms with Gasteiger partial charge in [-0.05, 0) is 44.5 Å². The van der Waals surface area contributed by atoms with Crippen molar-refractivity contribution < 1.29 is 14.6 Å². The number of carbonyl (C=O) groups excluding carboxylic acids is 1. The molecule has 5 heteroatoms. The van der Waals surface area contributed by atoms with Crippen molar-refractivity contribution in [2.24, 2.45) is 0 Å². The third-order valence-electron chi connectivity index (χ3n) is 2.89. The predicted octanol–water partition coefficient (Wildman–Crippen LogP) is 2.43. The predicted molar refractivity (Wildman–Crippen MR) is 73.6 cm³/mol. The number of amides is 1. The van der Waals surface area contributed by atoms with Gasteiger partial charge in [-0.25, -0.2) is 4.79 Å². The van der Waals surface area contributed by atoms with E-state index in [1.807, 2.05) is 20.8 Å². The molecule has 1 amide bonds. The van der Waals surface area contributed by atoms with E-state index < -0.39 is 11.7 Å². The van der Waals surface area contributed by atoms with Crippen molar-refractivity contribution in [3.05, 3.63) is 23.8 Å². The summed E-state index contributed by atoms with van der Waals surface area (Å²) in [7, 11) is 0. The smallest absolute Gasteiger partial charge is 0.412 e. The van der Waals surface area contributed by atoms with Gasteiger partial charge in [-0.2, -0.15) is 0 Å². The van der Waals surface area contributed by atoms with Crippen LogP contribution in [0.5, 0.6) is 5.75 Å². The average Bonchev–Trinajstić information content (AvgIpc) is 2.16. The molecule has 0 atom stereocenters. The molecule has 2 rings (SSSR count). The topological polar surface area (TPSA) is 70.6 Å². The Hall–Kier alpha value is -1.75. The molecule has 0 aliphatic carbocycles. The molecule has 1 heterocycles. The Kier molecular flexibility index (Phi) is 3.66. The average molecular weight is 264 g/mol. The summed E-state index contributed by atoms with van der Waals surface area (Å²) in [5.74, 6) is 0.522. The minimum absolute atomic E-state index is 0.205. The molecular weight excluding hydrogens is 244 g/mol. The Balaban J connectivity index is 2.13. The van der Waals surface area contributed by atoms with Gasteiger partial charge in [0.15, 0.2) is 0 Å². The summed E-state index contributed by atoms with van der Waals surface area (Å²) in [5, 5.41) is 15.5. The Morgan fingerprint density at radius 2 is 2.11 bits per heavy atom. The molecule has 19 heavy (non-hydrogen) atoms. The van der Waals surface area contributed by atoms with Crippen LogP contribution in [0.4, 0.5) is 10.5 Å². The fourth-order valence-electron chi connectivity index (χ4n) is 1.92. The van der Waals surface area contributed by atoms with Crippen LogP contribution in [0.2, 0.25) is 0 Å². The monoisotopic (exact) mass is 264 g/mol. The highest BCUT2D eigenvalue weighted by Gasteiger charge is 2.24. The van der Waals surface area contributed by atoms with Gasteiger partial charge in [0.05, 0.1) is 0 Å². The molecule has 0 saturated carbocycles. The zero-order chi connectivity index (χ0) is 14.0. The van der Waals surface area contributed by atoms with E-state index in [4.69, 9.17) is 4.74 Å². The van der Waals surface area contributed by atoms with Gasteiger partial charge >= 0.3 is 6.09 Å². The van der Waals surface area contributed by atoms with Crippen molar-refractivity contribution in [1.82, 2.24) is 5.32 Å². The third kappa shape index (κ3) is 3.61. The van der Waals surface area contributed by atoms with Crippen molar-refractivity contribution in [3.63, 3.8) is 0 Å². The first kappa shape index (κ1) is 13.7. The lowest BCUT2D eigenvalue weighted by atomic mass is 9.92. The lowest BCUT2D eigenvalue weighted by Gasteiger charge is -2.29. The van der Waals surface area contributed by atoms with E-state index in [9.17, 15) is 9.90 Å². The normalized spacial score (nSPS) is 15.7. The van der Waals surface area contributed by atoms with Gasteiger partial charge in [-0.3, -0.25) is 5.32 Å². The summed E-state index contributed by atoms with van der Waals surface area (Å²) in [6.45, 7) is 7.17. The molecule has 5 nitrogen and oxygen atoms in total. The fourth-order valence-corrected chi connectivity index (χ4v) is 1.92. The minimum atomic E-state index is -0.529. The number of aromatic hydroxyl groups is 1. The molecule has 104 valence electrons. The number of anilines is 1. The van der Waals surface area contributed by atoms with E-state index in [1.54, 1.807) is 18.2 Å². The van der Waals surface area contributed by atoms with Crippen molar-refractivity contribution in [1.29, 1.82) is 0 Å². The number of phenolic OH excluding ortho intramolecular Hbond substituents is 1. The maximum absolute atomic E-state index is 11.8. The van der Waals surface area contributed by atoms with Crippen molar-refractivity contribution in [2.45, 2.75) is 32.3 Å². The van der Waals surface area contributed by atoms with Crippen LogP contribution < -0.4 is 10.6 Å². The number of hydrogen-bond acceptors (Lipinski definition) is 4. The Morgan fingerprint density at radius 3 is 2.63 bits per heavy atom. The summed E-state index contributed by atoms with van der Waals surface area (Å²) in [4.78, 5) is 11.8.